The van der Waals surface area contributed by atoms with Crippen molar-refractivity contribution in [3.05, 3.63) is 65.6 Å². The Balaban J connectivity index is 1.34. The molecule has 0 aliphatic heterocycles. The van der Waals surface area contributed by atoms with Gasteiger partial charge >= 0.3 is 6.09 Å². The summed E-state index contributed by atoms with van der Waals surface area (Å²) in [4.78, 5) is 29.5. The second-order valence-electron chi connectivity index (χ2n) is 8.85. The van der Waals surface area contributed by atoms with Crippen molar-refractivity contribution < 1.29 is 18.7 Å². The Morgan fingerprint density at radius 1 is 1.03 bits per heavy atom. The molecule has 0 radical (unpaired) electrons. The molecule has 2 aromatic carbocycles. The molecule has 3 heterocycles. The number of carbonyl (C=O) groups excluding carboxylic acids is 1. The first-order valence-electron chi connectivity index (χ1n) is 12.0. The molecule has 5 rings (SSSR count). The molecule has 9 nitrogen and oxygen atoms in total. The molecule has 0 saturated heterocycles. The summed E-state index contributed by atoms with van der Waals surface area (Å²) >= 11 is 7.77. The normalized spacial score (nSPS) is 12.8. The quantitative estimate of drug-likeness (QED) is 0.220. The van der Waals surface area contributed by atoms with Gasteiger partial charge in [0.1, 0.15) is 23.0 Å². The molecule has 3 aromatic heterocycles. The molecule has 2 N–H and O–H groups in total. The van der Waals surface area contributed by atoms with Crippen molar-refractivity contribution in [3.63, 3.8) is 0 Å². The van der Waals surface area contributed by atoms with Crippen LogP contribution in [0.2, 0.25) is 5.02 Å². The highest BCUT2D eigenvalue weighted by molar-refractivity contribution is 7.21. The van der Waals surface area contributed by atoms with E-state index in [1.807, 2.05) is 19.2 Å². The second kappa shape index (κ2) is 11.0. The summed E-state index contributed by atoms with van der Waals surface area (Å²) in [5.41, 5.74) is 3.23. The Morgan fingerprint density at radius 2 is 1.77 bits per heavy atom. The molecule has 200 valence electrons. The van der Waals surface area contributed by atoms with Crippen LogP contribution in [0.5, 0.6) is 5.75 Å². The number of nitrogens with zero attached hydrogens (tertiary/aromatic N) is 4. The summed E-state index contributed by atoms with van der Waals surface area (Å²) in [6.45, 7) is 5.09. The highest BCUT2D eigenvalue weighted by Crippen LogP contribution is 2.38. The molecule has 5 aromatic rings. The number of benzene rings is 2. The minimum atomic E-state index is -0.697. The number of hydrogen-bond acceptors (Lipinski definition) is 9. The number of ether oxygens (including phenoxy) is 2. The van der Waals surface area contributed by atoms with Crippen LogP contribution in [0.1, 0.15) is 19.7 Å². The zero-order chi connectivity index (χ0) is 27.7. The summed E-state index contributed by atoms with van der Waals surface area (Å²) in [7, 11) is 1.82. The summed E-state index contributed by atoms with van der Waals surface area (Å²) in [5, 5.41) is 7.68. The largest absolute Gasteiger partial charge is 0.484 e. The number of hydrogen-bond donors (Lipinski definition) is 2. The molecule has 0 saturated carbocycles. The number of nitrogens with one attached hydrogen (secondary N) is 2. The van der Waals surface area contributed by atoms with Gasteiger partial charge in [-0.3, -0.25) is 10.3 Å². The molecule has 0 spiro atoms. The van der Waals surface area contributed by atoms with E-state index in [0.717, 1.165) is 26.9 Å². The average molecular weight is 567 g/mol. The van der Waals surface area contributed by atoms with Crippen LogP contribution < -0.4 is 15.4 Å². The van der Waals surface area contributed by atoms with E-state index in [-0.39, 0.29) is 5.75 Å². The van der Waals surface area contributed by atoms with Gasteiger partial charge in [-0.15, -0.1) is 11.3 Å². The second-order valence-corrected chi connectivity index (χ2v) is 10.3. The van der Waals surface area contributed by atoms with Gasteiger partial charge in [0, 0.05) is 35.2 Å². The van der Waals surface area contributed by atoms with Crippen LogP contribution in [0, 0.1) is 12.7 Å². The van der Waals surface area contributed by atoms with Crippen LogP contribution in [-0.4, -0.2) is 45.3 Å². The Labute approximate surface area is 232 Å². The average Bonchev–Trinajstić information content (AvgIpc) is 3.31. The van der Waals surface area contributed by atoms with Gasteiger partial charge in [0.2, 0.25) is 0 Å². The number of thiazole rings is 1. The number of amides is 1. The number of anilines is 2. The van der Waals surface area contributed by atoms with Crippen LogP contribution in [0.15, 0.2) is 48.9 Å². The zero-order valence-corrected chi connectivity index (χ0v) is 23.0. The van der Waals surface area contributed by atoms with Gasteiger partial charge in [-0.2, -0.15) is 0 Å². The van der Waals surface area contributed by atoms with Crippen LogP contribution in [0.25, 0.3) is 31.7 Å². The molecular formula is C27H24ClFN6O3S. The Kier molecular flexibility index (Phi) is 7.45. The van der Waals surface area contributed by atoms with Gasteiger partial charge in [0.05, 0.1) is 45.7 Å². The monoisotopic (exact) mass is 566 g/mol. The van der Waals surface area contributed by atoms with E-state index in [9.17, 15) is 4.79 Å². The van der Waals surface area contributed by atoms with Gasteiger partial charge in [0.15, 0.2) is 11.6 Å². The van der Waals surface area contributed by atoms with E-state index < -0.39 is 24.1 Å². The van der Waals surface area contributed by atoms with Crippen molar-refractivity contribution in [2.24, 2.45) is 0 Å². The Bertz CT molecular complexity index is 1680. The van der Waals surface area contributed by atoms with Gasteiger partial charge in [-0.05, 0) is 39.0 Å². The van der Waals surface area contributed by atoms with Gasteiger partial charge < -0.3 is 14.8 Å². The van der Waals surface area contributed by atoms with Crippen LogP contribution in [0.4, 0.5) is 20.6 Å². The maximum Gasteiger partial charge on any atom is 0.412 e. The predicted molar refractivity (Wildman–Crippen MR) is 151 cm³/mol. The molecule has 0 fully saturated rings. The molecule has 2 atom stereocenters. The lowest BCUT2D eigenvalue weighted by Crippen LogP contribution is -2.32. The van der Waals surface area contributed by atoms with Crippen molar-refractivity contribution in [3.8, 4) is 16.3 Å². The van der Waals surface area contributed by atoms with E-state index in [2.05, 4.69) is 30.6 Å². The third kappa shape index (κ3) is 5.84. The van der Waals surface area contributed by atoms with Crippen molar-refractivity contribution in [2.75, 3.05) is 17.7 Å². The lowest BCUT2D eigenvalue weighted by atomic mass is 10.1. The van der Waals surface area contributed by atoms with Crippen LogP contribution in [-0.2, 0) is 4.74 Å². The first-order valence-corrected chi connectivity index (χ1v) is 13.2. The summed E-state index contributed by atoms with van der Waals surface area (Å²) in [6, 6.07) is 8.52. The van der Waals surface area contributed by atoms with Gasteiger partial charge in [0.25, 0.3) is 0 Å². The van der Waals surface area contributed by atoms with Crippen LogP contribution in [0.3, 0.4) is 0 Å². The number of rotatable bonds is 7. The predicted octanol–water partition coefficient (Wildman–Crippen LogP) is 6.85. The number of aromatic nitrogens is 4. The number of carbonyl (C=O) groups is 1. The third-order valence-electron chi connectivity index (χ3n) is 6.00. The fourth-order valence-electron chi connectivity index (χ4n) is 3.81. The molecular weight excluding hydrogens is 543 g/mol. The lowest BCUT2D eigenvalue weighted by Gasteiger charge is -2.22. The summed E-state index contributed by atoms with van der Waals surface area (Å²) in [6.07, 6.45) is 2.66. The number of aryl methyl sites for hydroxylation is 1. The molecule has 12 heteroatoms. The number of halogens is 2. The highest BCUT2D eigenvalue weighted by atomic mass is 35.5. The zero-order valence-electron chi connectivity index (χ0n) is 21.5. The summed E-state index contributed by atoms with van der Waals surface area (Å²) in [5.74, 6) is 0.0326. The van der Waals surface area contributed by atoms with Crippen molar-refractivity contribution >= 4 is 61.5 Å². The standard InChI is InChI=1S/C27H24ClFN6O3S/c1-13(14(2)38-27(36)34-19-11-31-15(3)32-12-19)37-23-9-24-22(8-21(23)29)35-26(39-24)20-7-17(28)5-16-6-18(30-4)10-33-25(16)20/h5-14,30H,1-4H3,(H,34,36)/t13-,14+/m0/s1. The smallest absolute Gasteiger partial charge is 0.412 e. The maximum atomic E-state index is 15.0. The first kappa shape index (κ1) is 26.5. The van der Waals surface area contributed by atoms with Crippen molar-refractivity contribution in [1.82, 2.24) is 19.9 Å². The summed E-state index contributed by atoms with van der Waals surface area (Å²) < 4.78 is 27.0. The third-order valence-corrected chi connectivity index (χ3v) is 7.27. The SMILES string of the molecule is CNc1cnc2c(-c3nc4cc(F)c(O[C@@H](C)[C@@H](C)OC(=O)Nc5cnc(C)nc5)cc4s3)cc(Cl)cc2c1. The molecule has 0 aliphatic carbocycles. The highest BCUT2D eigenvalue weighted by Gasteiger charge is 2.22. The van der Waals surface area contributed by atoms with Crippen molar-refractivity contribution in [1.29, 1.82) is 0 Å². The van der Waals surface area contributed by atoms with E-state index in [4.69, 9.17) is 21.1 Å². The van der Waals surface area contributed by atoms with Crippen molar-refractivity contribution in [2.45, 2.75) is 33.0 Å². The Morgan fingerprint density at radius 3 is 2.51 bits per heavy atom. The van der Waals surface area contributed by atoms with Gasteiger partial charge in [-0.1, -0.05) is 11.6 Å². The first-order chi connectivity index (χ1) is 18.7. The van der Waals surface area contributed by atoms with Gasteiger partial charge in [-0.25, -0.2) is 24.1 Å². The Hall–Kier alpha value is -4.09. The fraction of sp³-hybridized carbons (Fsp3) is 0.222. The minimum Gasteiger partial charge on any atom is -0.484 e. The van der Waals surface area contributed by atoms with E-state index >= 15 is 4.39 Å². The maximum absolute atomic E-state index is 15.0. The molecule has 1 amide bonds. The lowest BCUT2D eigenvalue weighted by molar-refractivity contribution is 0.0402. The molecule has 0 unspecified atom stereocenters. The molecule has 0 bridgehead atoms. The fourth-order valence-corrected chi connectivity index (χ4v) is 5.03. The minimum absolute atomic E-state index is 0.0285. The van der Waals surface area contributed by atoms with Crippen LogP contribution >= 0.6 is 22.9 Å². The van der Waals surface area contributed by atoms with E-state index in [0.29, 0.717) is 27.1 Å². The van der Waals surface area contributed by atoms with E-state index in [1.165, 1.54) is 29.8 Å². The number of pyridine rings is 1. The van der Waals surface area contributed by atoms with E-state index in [1.54, 1.807) is 39.1 Å². The topological polar surface area (TPSA) is 111 Å². The molecule has 0 aliphatic rings. The molecule has 39 heavy (non-hydrogen) atoms. The number of fused-ring (bicyclic) bond motifs is 2.